The summed E-state index contributed by atoms with van der Waals surface area (Å²) in [5.41, 5.74) is 2.04. The molecular weight excluding hydrogens is 363 g/mol. The van der Waals surface area contributed by atoms with Crippen molar-refractivity contribution in [2.75, 3.05) is 13.2 Å². The Kier molecular flexibility index (Phi) is 6.93. The first-order valence-electron chi connectivity index (χ1n) is 8.85. The first-order chi connectivity index (χ1) is 13.2. The van der Waals surface area contributed by atoms with Crippen molar-refractivity contribution in [3.63, 3.8) is 0 Å². The van der Waals surface area contributed by atoms with Gasteiger partial charge in [-0.2, -0.15) is 0 Å². The topological polar surface area (TPSA) is 51.2 Å². The van der Waals surface area contributed by atoms with Crippen LogP contribution in [0.1, 0.15) is 17.8 Å². The molecule has 2 aromatic carbocycles. The lowest BCUT2D eigenvalue weighted by molar-refractivity contribution is -0.121. The summed E-state index contributed by atoms with van der Waals surface area (Å²) in [6.07, 6.45) is 1.74. The molecule has 0 aliphatic carbocycles. The molecule has 0 saturated carbocycles. The third-order valence-electron chi connectivity index (χ3n) is 3.91. The number of carbonyl (C=O) groups is 1. The molecule has 1 aromatic heterocycles. The number of aromatic nitrogens is 1. The summed E-state index contributed by atoms with van der Waals surface area (Å²) in [4.78, 5) is 16.5. The average Bonchev–Trinajstić information content (AvgIpc) is 3.17. The van der Waals surface area contributed by atoms with Crippen molar-refractivity contribution >= 4 is 17.2 Å². The zero-order valence-electron chi connectivity index (χ0n) is 14.9. The van der Waals surface area contributed by atoms with Crippen molar-refractivity contribution in [2.45, 2.75) is 19.3 Å². The largest absolute Gasteiger partial charge is 0.494 e. The van der Waals surface area contributed by atoms with E-state index < -0.39 is 0 Å². The summed E-state index contributed by atoms with van der Waals surface area (Å²) >= 11 is 1.58. The number of aryl methyl sites for hydroxylation is 1. The normalized spacial score (nSPS) is 10.6. The number of halogens is 1. The molecule has 3 rings (SSSR count). The average molecular weight is 384 g/mol. The molecule has 6 heteroatoms. The van der Waals surface area contributed by atoms with Crippen molar-refractivity contribution in [2.24, 2.45) is 0 Å². The lowest BCUT2D eigenvalue weighted by Gasteiger charge is -2.07. The van der Waals surface area contributed by atoms with E-state index in [0.717, 1.165) is 16.3 Å². The van der Waals surface area contributed by atoms with E-state index in [-0.39, 0.29) is 11.7 Å². The fraction of sp³-hybridized carbons (Fsp3) is 0.238. The Labute approximate surface area is 162 Å². The van der Waals surface area contributed by atoms with Crippen molar-refractivity contribution in [3.8, 4) is 17.0 Å². The molecular formula is C21H21FN2O2S. The van der Waals surface area contributed by atoms with Gasteiger partial charge in [0.25, 0.3) is 0 Å². The molecule has 0 aliphatic rings. The van der Waals surface area contributed by atoms with Gasteiger partial charge in [0.2, 0.25) is 5.91 Å². The maximum atomic E-state index is 12.8. The van der Waals surface area contributed by atoms with Gasteiger partial charge in [-0.05, 0) is 30.7 Å². The second-order valence-electron chi connectivity index (χ2n) is 6.00. The van der Waals surface area contributed by atoms with Crippen LogP contribution in [0.25, 0.3) is 11.3 Å². The summed E-state index contributed by atoms with van der Waals surface area (Å²) in [5.74, 6) is 0.347. The van der Waals surface area contributed by atoms with Gasteiger partial charge in [0.15, 0.2) is 0 Å². The highest BCUT2D eigenvalue weighted by molar-refractivity contribution is 7.09. The third-order valence-corrected chi connectivity index (χ3v) is 4.82. The van der Waals surface area contributed by atoms with Gasteiger partial charge in [-0.1, -0.05) is 30.3 Å². The van der Waals surface area contributed by atoms with Crippen LogP contribution in [-0.2, 0) is 11.2 Å². The van der Waals surface area contributed by atoms with Gasteiger partial charge in [-0.3, -0.25) is 4.79 Å². The van der Waals surface area contributed by atoms with Crippen molar-refractivity contribution in [3.05, 3.63) is 70.8 Å². The van der Waals surface area contributed by atoms with Gasteiger partial charge in [-0.25, -0.2) is 9.37 Å². The van der Waals surface area contributed by atoms with E-state index in [1.54, 1.807) is 23.5 Å². The number of thiazole rings is 1. The molecule has 3 aromatic rings. The Balaban J connectivity index is 1.32. The number of hydrogen-bond acceptors (Lipinski definition) is 4. The zero-order valence-corrected chi connectivity index (χ0v) is 15.7. The fourth-order valence-corrected chi connectivity index (χ4v) is 3.30. The number of rotatable bonds is 9. The molecule has 0 bridgehead atoms. The van der Waals surface area contributed by atoms with Crippen molar-refractivity contribution < 1.29 is 13.9 Å². The highest BCUT2D eigenvalue weighted by atomic mass is 32.1. The van der Waals surface area contributed by atoms with Gasteiger partial charge in [0.1, 0.15) is 11.6 Å². The molecule has 0 radical (unpaired) electrons. The van der Waals surface area contributed by atoms with E-state index in [1.165, 1.54) is 12.1 Å². The monoisotopic (exact) mass is 384 g/mol. The van der Waals surface area contributed by atoms with Crippen LogP contribution in [0.15, 0.2) is 60.0 Å². The molecule has 1 N–H and O–H groups in total. The fourth-order valence-electron chi connectivity index (χ4n) is 2.50. The van der Waals surface area contributed by atoms with Crippen LogP contribution in [0.3, 0.4) is 0 Å². The summed E-state index contributed by atoms with van der Waals surface area (Å²) in [6.45, 7) is 1.02. The van der Waals surface area contributed by atoms with Crippen LogP contribution in [0.2, 0.25) is 0 Å². The molecule has 0 fully saturated rings. The Bertz CT molecular complexity index is 850. The lowest BCUT2D eigenvalue weighted by Crippen LogP contribution is -2.25. The van der Waals surface area contributed by atoms with Gasteiger partial charge < -0.3 is 10.1 Å². The molecule has 1 amide bonds. The van der Waals surface area contributed by atoms with Crippen LogP contribution in [0.4, 0.5) is 4.39 Å². The predicted octanol–water partition coefficient (Wildman–Crippen LogP) is 4.47. The number of nitrogens with zero attached hydrogens (tertiary/aromatic N) is 1. The third kappa shape index (κ3) is 6.18. The number of hydrogen-bond donors (Lipinski definition) is 1. The first kappa shape index (κ1) is 19.0. The number of nitrogens with one attached hydrogen (secondary N) is 1. The molecule has 0 saturated heterocycles. The molecule has 27 heavy (non-hydrogen) atoms. The molecule has 0 unspecified atom stereocenters. The Morgan fingerprint density at radius 1 is 1.11 bits per heavy atom. The number of amides is 1. The Hall–Kier alpha value is -2.73. The highest BCUT2D eigenvalue weighted by Gasteiger charge is 2.07. The Morgan fingerprint density at radius 2 is 1.89 bits per heavy atom. The van der Waals surface area contributed by atoms with Crippen LogP contribution in [-0.4, -0.2) is 24.0 Å². The summed E-state index contributed by atoms with van der Waals surface area (Å²) in [6, 6.07) is 15.9. The van der Waals surface area contributed by atoms with Gasteiger partial charge in [0.05, 0.1) is 17.3 Å². The van der Waals surface area contributed by atoms with Gasteiger partial charge in [0, 0.05) is 30.3 Å². The minimum atomic E-state index is -0.286. The first-order valence-corrected chi connectivity index (χ1v) is 9.73. The van der Waals surface area contributed by atoms with E-state index >= 15 is 0 Å². The lowest BCUT2D eigenvalue weighted by atomic mass is 10.2. The van der Waals surface area contributed by atoms with Crippen molar-refractivity contribution in [1.82, 2.24) is 10.3 Å². The maximum Gasteiger partial charge on any atom is 0.220 e. The maximum absolute atomic E-state index is 12.8. The van der Waals surface area contributed by atoms with Crippen LogP contribution in [0.5, 0.6) is 5.75 Å². The number of ether oxygens (including phenoxy) is 1. The molecule has 4 nitrogen and oxygen atoms in total. The Morgan fingerprint density at radius 3 is 2.67 bits per heavy atom. The van der Waals surface area contributed by atoms with Crippen LogP contribution in [0, 0.1) is 5.82 Å². The van der Waals surface area contributed by atoms with Crippen LogP contribution >= 0.6 is 11.3 Å². The number of benzene rings is 2. The van der Waals surface area contributed by atoms with Crippen LogP contribution < -0.4 is 10.1 Å². The van der Waals surface area contributed by atoms with E-state index in [0.29, 0.717) is 38.2 Å². The van der Waals surface area contributed by atoms with E-state index in [2.05, 4.69) is 10.3 Å². The standard InChI is InChI=1S/C21H21FN2O2S/c22-17-7-9-18(10-8-17)26-14-4-13-23-20(25)11-12-21-24-19(15-27-21)16-5-2-1-3-6-16/h1-3,5-10,15H,4,11-14H2,(H,23,25). The molecule has 140 valence electrons. The molecule has 0 aliphatic heterocycles. The number of carbonyl (C=O) groups excluding carboxylic acids is 1. The summed E-state index contributed by atoms with van der Waals surface area (Å²) in [7, 11) is 0. The van der Waals surface area contributed by atoms with E-state index in [9.17, 15) is 9.18 Å². The minimum absolute atomic E-state index is 0.00763. The molecule has 1 heterocycles. The van der Waals surface area contributed by atoms with Gasteiger partial charge >= 0.3 is 0 Å². The highest BCUT2D eigenvalue weighted by Crippen LogP contribution is 2.22. The van der Waals surface area contributed by atoms with E-state index in [4.69, 9.17) is 4.74 Å². The second-order valence-corrected chi connectivity index (χ2v) is 6.94. The summed E-state index contributed by atoms with van der Waals surface area (Å²) < 4.78 is 18.3. The minimum Gasteiger partial charge on any atom is -0.494 e. The molecule has 0 spiro atoms. The second kappa shape index (κ2) is 9.83. The van der Waals surface area contributed by atoms with Gasteiger partial charge in [-0.15, -0.1) is 11.3 Å². The zero-order chi connectivity index (χ0) is 18.9. The summed E-state index contributed by atoms with van der Waals surface area (Å²) in [5, 5.41) is 5.87. The quantitative estimate of drug-likeness (QED) is 0.554. The smallest absolute Gasteiger partial charge is 0.220 e. The predicted molar refractivity (Wildman–Crippen MR) is 105 cm³/mol. The van der Waals surface area contributed by atoms with Crippen molar-refractivity contribution in [1.29, 1.82) is 0 Å². The molecule has 0 atom stereocenters. The SMILES string of the molecule is O=C(CCc1nc(-c2ccccc2)cs1)NCCCOc1ccc(F)cc1. The van der Waals surface area contributed by atoms with E-state index in [1.807, 2.05) is 35.7 Å².